The van der Waals surface area contributed by atoms with Crippen LogP contribution in [0.15, 0.2) is 29.2 Å². The Labute approximate surface area is 184 Å². The first-order chi connectivity index (χ1) is 14.4. The van der Waals surface area contributed by atoms with Crippen molar-refractivity contribution in [3.8, 4) is 0 Å². The summed E-state index contributed by atoms with van der Waals surface area (Å²) in [5.74, 6) is 0.795. The molecule has 0 spiro atoms. The zero-order chi connectivity index (χ0) is 21.7. The molecule has 8 heteroatoms. The number of alkyl carbamates (subject to hydrolysis) is 1. The van der Waals surface area contributed by atoms with E-state index in [-0.39, 0.29) is 12.3 Å². The summed E-state index contributed by atoms with van der Waals surface area (Å²) in [5, 5.41) is 5.63. The number of carbonyl (C=O) groups is 3. The lowest BCUT2D eigenvalue weighted by molar-refractivity contribution is -0.115. The average Bonchev–Trinajstić information content (AvgIpc) is 3.06. The van der Waals surface area contributed by atoms with Crippen molar-refractivity contribution < 1.29 is 19.1 Å². The number of anilines is 1. The van der Waals surface area contributed by atoms with E-state index in [1.54, 1.807) is 11.8 Å². The summed E-state index contributed by atoms with van der Waals surface area (Å²) in [7, 11) is 1.21. The van der Waals surface area contributed by atoms with Crippen molar-refractivity contribution in [2.45, 2.75) is 44.4 Å². The molecular weight excluding hydrogens is 420 g/mol. The first-order valence-electron chi connectivity index (χ1n) is 9.96. The van der Waals surface area contributed by atoms with Crippen LogP contribution in [0.25, 0.3) is 0 Å². The number of hydrogen-bond acceptors (Lipinski definition) is 6. The summed E-state index contributed by atoms with van der Waals surface area (Å²) in [6.07, 6.45) is 1.99. The van der Waals surface area contributed by atoms with Gasteiger partial charge < -0.3 is 10.1 Å². The van der Waals surface area contributed by atoms with Gasteiger partial charge in [-0.3, -0.25) is 14.9 Å². The van der Waals surface area contributed by atoms with Crippen LogP contribution < -0.4 is 10.6 Å². The van der Waals surface area contributed by atoms with Gasteiger partial charge in [-0.15, -0.1) is 23.1 Å². The lowest BCUT2D eigenvalue weighted by atomic mass is 9.88. The molecule has 6 nitrogen and oxygen atoms in total. The Hall–Kier alpha value is -2.32. The number of ether oxygens (including phenoxy) is 1. The highest BCUT2D eigenvalue weighted by atomic mass is 32.2. The number of fused-ring (bicyclic) bond motifs is 1. The van der Waals surface area contributed by atoms with Crippen molar-refractivity contribution in [3.05, 3.63) is 45.8 Å². The summed E-state index contributed by atoms with van der Waals surface area (Å²) in [4.78, 5) is 39.2. The quantitative estimate of drug-likeness (QED) is 0.631. The highest BCUT2D eigenvalue weighted by Gasteiger charge is 2.29. The van der Waals surface area contributed by atoms with Crippen molar-refractivity contribution >= 4 is 46.0 Å². The molecule has 0 bridgehead atoms. The molecule has 30 heavy (non-hydrogen) atoms. The number of nitrogens with one attached hydrogen (secondary N) is 2. The van der Waals surface area contributed by atoms with Gasteiger partial charge >= 0.3 is 6.09 Å². The van der Waals surface area contributed by atoms with Gasteiger partial charge in [-0.05, 0) is 54.2 Å². The standard InChI is InChI=1S/C22H26N2O4S2/c1-4-29-15-8-6-14(7-9-15)12-18(25)23-21-19(20(26)24-22(27)28-3)16-10-5-13(2)11-17(16)30-21/h6-9,13H,4-5,10-12H2,1-3H3,(H,23,25)(H,24,26,27). The number of thiophene rings is 1. The molecule has 2 N–H and O–H groups in total. The molecule has 1 aromatic carbocycles. The molecule has 0 saturated heterocycles. The van der Waals surface area contributed by atoms with Gasteiger partial charge in [0, 0.05) is 9.77 Å². The molecular formula is C22H26N2O4S2. The second-order valence-electron chi connectivity index (χ2n) is 7.30. The fraction of sp³-hybridized carbons (Fsp3) is 0.409. The third-order valence-electron chi connectivity index (χ3n) is 4.99. The Balaban J connectivity index is 1.79. The maximum atomic E-state index is 12.7. The fourth-order valence-electron chi connectivity index (χ4n) is 3.51. The molecule has 160 valence electrons. The van der Waals surface area contributed by atoms with Crippen molar-refractivity contribution in [1.29, 1.82) is 0 Å². The minimum Gasteiger partial charge on any atom is -0.453 e. The Bertz CT molecular complexity index is 937. The van der Waals surface area contributed by atoms with Crippen LogP contribution in [-0.2, 0) is 28.8 Å². The van der Waals surface area contributed by atoms with Crippen LogP contribution in [0.5, 0.6) is 0 Å². The highest BCUT2D eigenvalue weighted by Crippen LogP contribution is 2.39. The van der Waals surface area contributed by atoms with E-state index in [4.69, 9.17) is 0 Å². The summed E-state index contributed by atoms with van der Waals surface area (Å²) in [6, 6.07) is 7.92. The van der Waals surface area contributed by atoms with Crippen LogP contribution in [0.2, 0.25) is 0 Å². The first-order valence-corrected chi connectivity index (χ1v) is 11.8. The molecule has 3 rings (SSSR count). The monoisotopic (exact) mass is 446 g/mol. The zero-order valence-electron chi connectivity index (χ0n) is 17.4. The number of thioether (sulfide) groups is 1. The predicted molar refractivity (Wildman–Crippen MR) is 121 cm³/mol. The first kappa shape index (κ1) is 22.4. The normalized spacial score (nSPS) is 15.2. The van der Waals surface area contributed by atoms with Crippen LogP contribution in [0.4, 0.5) is 9.80 Å². The van der Waals surface area contributed by atoms with Crippen molar-refractivity contribution in [2.24, 2.45) is 5.92 Å². The number of imide groups is 1. The molecule has 0 saturated carbocycles. The lowest BCUT2D eigenvalue weighted by Gasteiger charge is -2.18. The van der Waals surface area contributed by atoms with E-state index in [9.17, 15) is 14.4 Å². The van der Waals surface area contributed by atoms with Gasteiger partial charge in [0.2, 0.25) is 5.91 Å². The molecule has 1 aromatic heterocycles. The maximum Gasteiger partial charge on any atom is 0.413 e. The molecule has 1 heterocycles. The average molecular weight is 447 g/mol. The number of rotatable bonds is 6. The van der Waals surface area contributed by atoms with Crippen LogP contribution in [0, 0.1) is 5.92 Å². The second-order valence-corrected chi connectivity index (χ2v) is 9.75. The Morgan fingerprint density at radius 1 is 1.23 bits per heavy atom. The van der Waals surface area contributed by atoms with Gasteiger partial charge in [-0.1, -0.05) is 26.0 Å². The van der Waals surface area contributed by atoms with Crippen LogP contribution in [0.1, 0.15) is 46.6 Å². The lowest BCUT2D eigenvalue weighted by Crippen LogP contribution is -2.31. The Morgan fingerprint density at radius 3 is 2.63 bits per heavy atom. The molecule has 0 aliphatic heterocycles. The van der Waals surface area contributed by atoms with E-state index in [2.05, 4.69) is 29.2 Å². The van der Waals surface area contributed by atoms with Crippen LogP contribution >= 0.6 is 23.1 Å². The van der Waals surface area contributed by atoms with Crippen LogP contribution in [0.3, 0.4) is 0 Å². The summed E-state index contributed by atoms with van der Waals surface area (Å²) >= 11 is 3.18. The number of benzene rings is 1. The molecule has 1 atom stereocenters. The fourth-order valence-corrected chi connectivity index (χ4v) is 5.60. The third-order valence-corrected chi connectivity index (χ3v) is 7.06. The summed E-state index contributed by atoms with van der Waals surface area (Å²) in [5.41, 5.74) is 2.22. The van der Waals surface area contributed by atoms with Crippen molar-refractivity contribution in [1.82, 2.24) is 5.32 Å². The van der Waals surface area contributed by atoms with E-state index in [1.807, 2.05) is 24.3 Å². The van der Waals surface area contributed by atoms with Gasteiger partial charge in [-0.25, -0.2) is 4.79 Å². The predicted octanol–water partition coefficient (Wildman–Crippen LogP) is 4.66. The van der Waals surface area contributed by atoms with E-state index in [1.165, 1.54) is 23.3 Å². The zero-order valence-corrected chi connectivity index (χ0v) is 19.0. The van der Waals surface area contributed by atoms with Gasteiger partial charge in [-0.2, -0.15) is 0 Å². The Kier molecular flexibility index (Phi) is 7.55. The van der Waals surface area contributed by atoms with E-state index < -0.39 is 12.0 Å². The van der Waals surface area contributed by atoms with E-state index >= 15 is 0 Å². The third kappa shape index (κ3) is 5.43. The van der Waals surface area contributed by atoms with Gasteiger partial charge in [0.1, 0.15) is 5.00 Å². The van der Waals surface area contributed by atoms with Gasteiger partial charge in [0.25, 0.3) is 5.91 Å². The number of hydrogen-bond donors (Lipinski definition) is 2. The van der Waals surface area contributed by atoms with E-state index in [0.717, 1.165) is 41.0 Å². The number of amides is 3. The van der Waals surface area contributed by atoms with E-state index in [0.29, 0.717) is 16.5 Å². The smallest absolute Gasteiger partial charge is 0.413 e. The minimum absolute atomic E-state index is 0.190. The van der Waals surface area contributed by atoms with Crippen molar-refractivity contribution in [3.63, 3.8) is 0 Å². The molecule has 2 aromatic rings. The van der Waals surface area contributed by atoms with Gasteiger partial charge in [0.05, 0.1) is 19.1 Å². The SMILES string of the molecule is CCSc1ccc(CC(=O)Nc2sc3c(c2C(=O)NC(=O)OC)CCC(C)C3)cc1. The highest BCUT2D eigenvalue weighted by molar-refractivity contribution is 7.99. The maximum absolute atomic E-state index is 12.7. The number of carbonyl (C=O) groups excluding carboxylic acids is 3. The van der Waals surface area contributed by atoms with Gasteiger partial charge in [0.15, 0.2) is 0 Å². The topological polar surface area (TPSA) is 84.5 Å². The molecule has 1 unspecified atom stereocenters. The summed E-state index contributed by atoms with van der Waals surface area (Å²) in [6.45, 7) is 4.27. The summed E-state index contributed by atoms with van der Waals surface area (Å²) < 4.78 is 4.55. The minimum atomic E-state index is -0.813. The van der Waals surface area contributed by atoms with Crippen LogP contribution in [-0.4, -0.2) is 30.8 Å². The molecule has 0 radical (unpaired) electrons. The second kappa shape index (κ2) is 10.1. The largest absolute Gasteiger partial charge is 0.453 e. The molecule has 0 fully saturated rings. The molecule has 1 aliphatic carbocycles. The van der Waals surface area contributed by atoms with Crippen molar-refractivity contribution in [2.75, 3.05) is 18.2 Å². The molecule has 1 aliphatic rings. The Morgan fingerprint density at radius 2 is 1.97 bits per heavy atom. The number of methoxy groups -OCH3 is 1. The molecule has 3 amide bonds.